The van der Waals surface area contributed by atoms with Crippen LogP contribution in [0.1, 0.15) is 5.56 Å². The Morgan fingerprint density at radius 2 is 2.00 bits per heavy atom. The molecule has 2 heterocycles. The SMILES string of the molecule is O=C1Nc2sc(Cl)cc2CN1c1c(F)cccc1F. The van der Waals surface area contributed by atoms with E-state index < -0.39 is 17.7 Å². The number of urea groups is 1. The van der Waals surface area contributed by atoms with Crippen LogP contribution in [0, 0.1) is 11.6 Å². The summed E-state index contributed by atoms with van der Waals surface area (Å²) in [5.41, 5.74) is 0.380. The predicted octanol–water partition coefficient (Wildman–Crippen LogP) is 4.23. The highest BCUT2D eigenvalue weighted by Crippen LogP contribution is 2.37. The zero-order valence-electron chi connectivity index (χ0n) is 9.41. The van der Waals surface area contributed by atoms with Crippen LogP contribution >= 0.6 is 22.9 Å². The second-order valence-electron chi connectivity index (χ2n) is 3.99. The van der Waals surface area contributed by atoms with Crippen LogP contribution in [0.4, 0.5) is 24.3 Å². The third-order valence-corrected chi connectivity index (χ3v) is 4.00. The van der Waals surface area contributed by atoms with Gasteiger partial charge in [0.25, 0.3) is 0 Å². The summed E-state index contributed by atoms with van der Waals surface area (Å²) < 4.78 is 27.9. The summed E-state index contributed by atoms with van der Waals surface area (Å²) in [5.74, 6) is -1.56. The Balaban J connectivity index is 2.05. The van der Waals surface area contributed by atoms with E-state index in [-0.39, 0.29) is 12.2 Å². The molecule has 3 nitrogen and oxygen atoms in total. The third-order valence-electron chi connectivity index (χ3n) is 2.78. The molecule has 0 atom stereocenters. The molecule has 0 saturated heterocycles. The number of halogens is 3. The fourth-order valence-corrected chi connectivity index (χ4v) is 3.10. The van der Waals surface area contributed by atoms with Crippen LogP contribution in [0.25, 0.3) is 0 Å². The van der Waals surface area contributed by atoms with Gasteiger partial charge in [0.05, 0.1) is 10.9 Å². The largest absolute Gasteiger partial charge is 0.327 e. The molecule has 0 bridgehead atoms. The van der Waals surface area contributed by atoms with Gasteiger partial charge in [0.2, 0.25) is 0 Å². The van der Waals surface area contributed by atoms with E-state index in [1.807, 2.05) is 0 Å². The lowest BCUT2D eigenvalue weighted by molar-refractivity contribution is 0.255. The number of thiophene rings is 1. The van der Waals surface area contributed by atoms with Gasteiger partial charge in [-0.2, -0.15) is 0 Å². The van der Waals surface area contributed by atoms with E-state index in [1.165, 1.54) is 17.4 Å². The quantitative estimate of drug-likeness (QED) is 0.839. The molecule has 19 heavy (non-hydrogen) atoms. The van der Waals surface area contributed by atoms with Crippen molar-refractivity contribution in [3.8, 4) is 0 Å². The molecule has 0 radical (unpaired) electrons. The van der Waals surface area contributed by atoms with Crippen molar-refractivity contribution in [1.29, 1.82) is 0 Å². The Morgan fingerprint density at radius 1 is 1.32 bits per heavy atom. The summed E-state index contributed by atoms with van der Waals surface area (Å²) in [4.78, 5) is 12.9. The van der Waals surface area contributed by atoms with Crippen molar-refractivity contribution in [3.05, 3.63) is 45.8 Å². The molecule has 1 aromatic carbocycles. The summed E-state index contributed by atoms with van der Waals surface area (Å²) in [6.45, 7) is 0.0856. The summed E-state index contributed by atoms with van der Waals surface area (Å²) in [7, 11) is 0. The maximum Gasteiger partial charge on any atom is 0.327 e. The third kappa shape index (κ3) is 2.06. The van der Waals surface area contributed by atoms with Crippen LogP contribution in [-0.4, -0.2) is 6.03 Å². The summed E-state index contributed by atoms with van der Waals surface area (Å²) in [5, 5.41) is 3.19. The first-order valence-corrected chi connectivity index (χ1v) is 6.56. The minimum atomic E-state index is -0.778. The van der Waals surface area contributed by atoms with Gasteiger partial charge in [-0.3, -0.25) is 10.2 Å². The van der Waals surface area contributed by atoms with Crippen molar-refractivity contribution in [2.24, 2.45) is 0 Å². The predicted molar refractivity (Wildman–Crippen MR) is 70.9 cm³/mol. The lowest BCUT2D eigenvalue weighted by atomic mass is 10.2. The van der Waals surface area contributed by atoms with Crippen molar-refractivity contribution >= 4 is 39.7 Å². The minimum Gasteiger partial charge on any atom is -0.299 e. The van der Waals surface area contributed by atoms with Gasteiger partial charge in [-0.1, -0.05) is 17.7 Å². The Bertz CT molecular complexity index is 653. The van der Waals surface area contributed by atoms with Crippen molar-refractivity contribution < 1.29 is 13.6 Å². The normalized spacial score (nSPS) is 14.3. The summed E-state index contributed by atoms with van der Waals surface area (Å²) in [6.07, 6.45) is 0. The van der Waals surface area contributed by atoms with Crippen LogP contribution in [0.5, 0.6) is 0 Å². The number of anilines is 2. The molecule has 2 amide bonds. The van der Waals surface area contributed by atoms with Crippen LogP contribution in [0.15, 0.2) is 24.3 Å². The van der Waals surface area contributed by atoms with E-state index >= 15 is 0 Å². The van der Waals surface area contributed by atoms with Gasteiger partial charge in [0, 0.05) is 5.56 Å². The van der Waals surface area contributed by atoms with Crippen molar-refractivity contribution in [3.63, 3.8) is 0 Å². The zero-order chi connectivity index (χ0) is 13.6. The standard InChI is InChI=1S/C12H7ClF2N2OS/c13-9-4-6-5-17(12(18)16-11(6)19-9)10-7(14)2-1-3-8(10)15/h1-4H,5H2,(H,16,18). The molecule has 98 valence electrons. The van der Waals surface area contributed by atoms with E-state index in [1.54, 1.807) is 6.07 Å². The average Bonchev–Trinajstić information content (AvgIpc) is 2.68. The Morgan fingerprint density at radius 3 is 2.68 bits per heavy atom. The van der Waals surface area contributed by atoms with Gasteiger partial charge in [0.1, 0.15) is 22.3 Å². The number of nitrogens with one attached hydrogen (secondary N) is 1. The Labute approximate surface area is 116 Å². The highest BCUT2D eigenvalue weighted by molar-refractivity contribution is 7.20. The first kappa shape index (κ1) is 12.4. The van der Waals surface area contributed by atoms with Crippen molar-refractivity contribution in [1.82, 2.24) is 0 Å². The van der Waals surface area contributed by atoms with E-state index in [0.29, 0.717) is 9.34 Å². The van der Waals surface area contributed by atoms with Gasteiger partial charge in [-0.05, 0) is 18.2 Å². The van der Waals surface area contributed by atoms with Crippen LogP contribution in [0.2, 0.25) is 4.34 Å². The number of carbonyl (C=O) groups is 1. The number of benzene rings is 1. The van der Waals surface area contributed by atoms with Crippen LogP contribution in [0.3, 0.4) is 0 Å². The molecule has 0 saturated carbocycles. The molecular formula is C12H7ClF2N2OS. The maximum absolute atomic E-state index is 13.7. The number of hydrogen-bond donors (Lipinski definition) is 1. The molecule has 3 rings (SSSR count). The first-order chi connectivity index (χ1) is 9.06. The lowest BCUT2D eigenvalue weighted by Crippen LogP contribution is -2.39. The maximum atomic E-state index is 13.7. The summed E-state index contributed by atoms with van der Waals surface area (Å²) >= 11 is 7.07. The molecule has 7 heteroatoms. The molecule has 1 aliphatic heterocycles. The van der Waals surface area contributed by atoms with E-state index in [0.717, 1.165) is 22.6 Å². The molecule has 0 unspecified atom stereocenters. The molecule has 0 aliphatic carbocycles. The van der Waals surface area contributed by atoms with Crippen LogP contribution < -0.4 is 10.2 Å². The van der Waals surface area contributed by atoms with Crippen LogP contribution in [-0.2, 0) is 6.54 Å². The number of fused-ring (bicyclic) bond motifs is 1. The molecule has 2 aromatic rings. The Kier molecular flexibility index (Phi) is 2.91. The fourth-order valence-electron chi connectivity index (χ4n) is 1.95. The molecule has 0 fully saturated rings. The van der Waals surface area contributed by atoms with Gasteiger partial charge < -0.3 is 0 Å². The molecule has 0 spiro atoms. The molecule has 1 N–H and O–H groups in total. The summed E-state index contributed by atoms with van der Waals surface area (Å²) in [6, 6.07) is 4.58. The monoisotopic (exact) mass is 300 g/mol. The minimum absolute atomic E-state index is 0.0856. The molecule has 1 aromatic heterocycles. The average molecular weight is 301 g/mol. The van der Waals surface area contributed by atoms with E-state index in [2.05, 4.69) is 5.32 Å². The second-order valence-corrected chi connectivity index (χ2v) is 5.67. The molecular weight excluding hydrogens is 294 g/mol. The van der Waals surface area contributed by atoms with Gasteiger partial charge in [-0.25, -0.2) is 13.6 Å². The fraction of sp³-hybridized carbons (Fsp3) is 0.0833. The van der Waals surface area contributed by atoms with Crippen molar-refractivity contribution in [2.75, 3.05) is 10.2 Å². The van der Waals surface area contributed by atoms with Gasteiger partial charge in [0.15, 0.2) is 0 Å². The zero-order valence-corrected chi connectivity index (χ0v) is 11.0. The van der Waals surface area contributed by atoms with Gasteiger partial charge >= 0.3 is 6.03 Å². The highest BCUT2D eigenvalue weighted by Gasteiger charge is 2.29. The number of rotatable bonds is 1. The van der Waals surface area contributed by atoms with E-state index in [9.17, 15) is 13.6 Å². The Hall–Kier alpha value is -1.66. The number of hydrogen-bond acceptors (Lipinski definition) is 2. The highest BCUT2D eigenvalue weighted by atomic mass is 35.5. The molecule has 1 aliphatic rings. The number of amides is 2. The topological polar surface area (TPSA) is 32.3 Å². The van der Waals surface area contributed by atoms with Gasteiger partial charge in [-0.15, -0.1) is 11.3 Å². The second kappa shape index (κ2) is 4.47. The number of nitrogens with zero attached hydrogens (tertiary/aromatic N) is 1. The van der Waals surface area contributed by atoms with E-state index in [4.69, 9.17) is 11.6 Å². The smallest absolute Gasteiger partial charge is 0.299 e. The first-order valence-electron chi connectivity index (χ1n) is 5.37. The number of para-hydroxylation sites is 1. The number of carbonyl (C=O) groups excluding carboxylic acids is 1. The van der Waals surface area contributed by atoms with Crippen molar-refractivity contribution in [2.45, 2.75) is 6.54 Å². The lowest BCUT2D eigenvalue weighted by Gasteiger charge is -2.27.